The van der Waals surface area contributed by atoms with Gasteiger partial charge in [-0.1, -0.05) is 0 Å². The van der Waals surface area contributed by atoms with Gasteiger partial charge >= 0.3 is 115 Å². The Bertz CT molecular complexity index is 528. The molecule has 0 unspecified atom stereocenters. The van der Waals surface area contributed by atoms with E-state index in [1.807, 2.05) is 0 Å². The zero-order chi connectivity index (χ0) is 12.2. The van der Waals surface area contributed by atoms with Crippen molar-refractivity contribution in [2.45, 2.75) is 6.42 Å². The van der Waals surface area contributed by atoms with Crippen LogP contribution in [0.5, 0.6) is 0 Å². The van der Waals surface area contributed by atoms with Crippen molar-refractivity contribution in [3.8, 4) is 0 Å². The molecule has 3 rings (SSSR count). The molecule has 1 heteroatoms. The maximum absolute atomic E-state index is 2.33. The molecule has 0 atom stereocenters. The van der Waals surface area contributed by atoms with Crippen molar-refractivity contribution in [3.63, 3.8) is 0 Å². The van der Waals surface area contributed by atoms with E-state index in [1.54, 1.807) is 11.6 Å². The molecule has 0 nitrogen and oxygen atoms in total. The molecule has 0 aromatic heterocycles. The first kappa shape index (κ1) is 11.7. The Kier molecular flexibility index (Phi) is 3.59. The maximum atomic E-state index is 2.33. The van der Waals surface area contributed by atoms with Crippen LogP contribution in [0.4, 0.5) is 0 Å². The zero-order valence-electron chi connectivity index (χ0n) is 10.2. The average Bonchev–Trinajstić information content (AvgIpc) is 2.95. The van der Waals surface area contributed by atoms with E-state index < -0.39 is 17.9 Å². The van der Waals surface area contributed by atoms with Gasteiger partial charge in [0.1, 0.15) is 0 Å². The summed E-state index contributed by atoms with van der Waals surface area (Å²) >= 11 is -1.52. The van der Waals surface area contributed by atoms with E-state index in [1.165, 1.54) is 0 Å². The van der Waals surface area contributed by atoms with Gasteiger partial charge in [-0.2, -0.15) is 0 Å². The van der Waals surface area contributed by atoms with E-state index in [2.05, 4.69) is 78.9 Å². The molecule has 87 valence electrons. The Morgan fingerprint density at radius 1 is 0.722 bits per heavy atom. The number of hydrogen-bond donors (Lipinski definition) is 0. The Labute approximate surface area is 115 Å². The summed E-state index contributed by atoms with van der Waals surface area (Å²) in [5.41, 5.74) is 0. The molecular weight excluding hydrogens is 252 g/mol. The predicted molar refractivity (Wildman–Crippen MR) is 74.0 cm³/mol. The van der Waals surface area contributed by atoms with Gasteiger partial charge in [0.2, 0.25) is 0 Å². The molecule has 0 radical (unpaired) electrons. The Morgan fingerprint density at radius 2 is 1.28 bits per heavy atom. The van der Waals surface area contributed by atoms with Gasteiger partial charge < -0.3 is 0 Å². The first-order chi connectivity index (χ1) is 8.95. The standard InChI is InChI=1S/2C6H5.C5H5.Ti/c2*1-2-4-6-5-3-1;1-2-4-5-3-1;/h2*1-5H;1-3H,4H2;. The van der Waals surface area contributed by atoms with Gasteiger partial charge in [0.15, 0.2) is 0 Å². The molecule has 2 aromatic carbocycles. The first-order valence-electron chi connectivity index (χ1n) is 6.29. The molecule has 2 aromatic rings. The molecule has 0 bridgehead atoms. The predicted octanol–water partition coefficient (Wildman–Crippen LogP) is 3.10. The Hall–Kier alpha value is -1.37. The second kappa shape index (κ2) is 5.52. The fourth-order valence-electron chi connectivity index (χ4n) is 2.38. The van der Waals surface area contributed by atoms with Crippen LogP contribution in [0.1, 0.15) is 6.42 Å². The van der Waals surface area contributed by atoms with Gasteiger partial charge in [0, 0.05) is 0 Å². The van der Waals surface area contributed by atoms with Crippen molar-refractivity contribution in [2.75, 3.05) is 0 Å². The second-order valence-electron chi connectivity index (χ2n) is 4.43. The van der Waals surface area contributed by atoms with E-state index in [0.29, 0.717) is 0 Å². The van der Waals surface area contributed by atoms with E-state index in [9.17, 15) is 0 Å². The molecule has 0 saturated heterocycles. The first-order valence-corrected chi connectivity index (χ1v) is 8.63. The van der Waals surface area contributed by atoms with E-state index >= 15 is 0 Å². The molecule has 18 heavy (non-hydrogen) atoms. The van der Waals surface area contributed by atoms with Crippen molar-refractivity contribution in [2.24, 2.45) is 0 Å². The van der Waals surface area contributed by atoms with E-state index in [-0.39, 0.29) is 0 Å². The third kappa shape index (κ3) is 2.40. The van der Waals surface area contributed by atoms with Crippen LogP contribution in [0.3, 0.4) is 0 Å². The third-order valence-corrected chi connectivity index (χ3v) is 7.64. The summed E-state index contributed by atoms with van der Waals surface area (Å²) in [4.78, 5) is 0. The topological polar surface area (TPSA) is 0 Å². The number of rotatable bonds is 3. The molecule has 0 amide bonds. The van der Waals surface area contributed by atoms with Crippen LogP contribution in [0, 0.1) is 0 Å². The summed E-state index contributed by atoms with van der Waals surface area (Å²) in [6.45, 7) is 0. The number of allylic oxidation sites excluding steroid dienone is 4. The van der Waals surface area contributed by atoms with Gasteiger partial charge in [-0.15, -0.1) is 0 Å². The van der Waals surface area contributed by atoms with Crippen molar-refractivity contribution in [3.05, 3.63) is 82.8 Å². The molecular formula is C17H15Ti. The van der Waals surface area contributed by atoms with Crippen LogP contribution in [0.15, 0.2) is 82.8 Å². The van der Waals surface area contributed by atoms with Crippen LogP contribution in [0.25, 0.3) is 0 Å². The van der Waals surface area contributed by atoms with Crippen LogP contribution < -0.4 is 7.74 Å². The van der Waals surface area contributed by atoms with Crippen molar-refractivity contribution in [1.29, 1.82) is 0 Å². The van der Waals surface area contributed by atoms with Crippen LogP contribution >= 0.6 is 0 Å². The summed E-state index contributed by atoms with van der Waals surface area (Å²) < 4.78 is 4.73. The fourth-order valence-corrected chi connectivity index (χ4v) is 6.61. The minimum absolute atomic E-state index is 1.14. The van der Waals surface area contributed by atoms with E-state index in [0.717, 1.165) is 6.42 Å². The summed E-state index contributed by atoms with van der Waals surface area (Å²) in [7, 11) is 0. The molecule has 0 fully saturated rings. The van der Waals surface area contributed by atoms with Gasteiger partial charge in [-0.3, -0.25) is 0 Å². The summed E-state index contributed by atoms with van der Waals surface area (Å²) in [6.07, 6.45) is 7.94. The zero-order valence-corrected chi connectivity index (χ0v) is 11.8. The van der Waals surface area contributed by atoms with Crippen molar-refractivity contribution >= 4 is 7.74 Å². The van der Waals surface area contributed by atoms with Gasteiger partial charge in [0.25, 0.3) is 0 Å². The molecule has 0 saturated carbocycles. The molecule has 0 spiro atoms. The van der Waals surface area contributed by atoms with Crippen LogP contribution in [-0.2, 0) is 17.9 Å². The van der Waals surface area contributed by atoms with Crippen molar-refractivity contribution in [1.82, 2.24) is 0 Å². The molecule has 0 heterocycles. The number of hydrogen-bond acceptors (Lipinski definition) is 0. The summed E-state index contributed by atoms with van der Waals surface area (Å²) in [6, 6.07) is 22.0. The molecule has 1 aliphatic rings. The summed E-state index contributed by atoms with van der Waals surface area (Å²) in [5, 5.41) is 0. The third-order valence-electron chi connectivity index (χ3n) is 3.22. The Morgan fingerprint density at radius 3 is 1.72 bits per heavy atom. The van der Waals surface area contributed by atoms with Gasteiger partial charge in [-0.25, -0.2) is 0 Å². The second-order valence-corrected chi connectivity index (χ2v) is 8.41. The monoisotopic (exact) mass is 267 g/mol. The molecule has 0 N–H and O–H groups in total. The normalized spacial score (nSPS) is 13.4. The minimum atomic E-state index is -1.52. The summed E-state index contributed by atoms with van der Waals surface area (Å²) in [5.74, 6) is 0. The average molecular weight is 267 g/mol. The van der Waals surface area contributed by atoms with Crippen LogP contribution in [0.2, 0.25) is 0 Å². The molecule has 1 aliphatic carbocycles. The Balaban J connectivity index is 2.05. The van der Waals surface area contributed by atoms with Crippen LogP contribution in [-0.4, -0.2) is 0 Å². The van der Waals surface area contributed by atoms with E-state index in [4.69, 9.17) is 0 Å². The van der Waals surface area contributed by atoms with Gasteiger partial charge in [0.05, 0.1) is 0 Å². The SMILES string of the molecule is C1=CC[C]([Ti]([c]2ccccc2)[c]2ccccc2)=C1. The quantitative estimate of drug-likeness (QED) is 0.750. The molecule has 0 aliphatic heterocycles. The van der Waals surface area contributed by atoms with Crippen molar-refractivity contribution < 1.29 is 17.9 Å². The number of benzene rings is 2. The fraction of sp³-hybridized carbons (Fsp3) is 0.0588. The van der Waals surface area contributed by atoms with Gasteiger partial charge in [-0.05, 0) is 0 Å².